The highest BCUT2D eigenvalue weighted by Crippen LogP contribution is 2.40. The van der Waals surface area contributed by atoms with Gasteiger partial charge in [0.2, 0.25) is 0 Å². The highest BCUT2D eigenvalue weighted by Gasteiger charge is 2.35. The van der Waals surface area contributed by atoms with Crippen LogP contribution in [0.3, 0.4) is 0 Å². The van der Waals surface area contributed by atoms with Crippen molar-refractivity contribution in [2.24, 2.45) is 0 Å². The largest absolute Gasteiger partial charge is 0.496 e. The normalized spacial score (nSPS) is 13.8. The van der Waals surface area contributed by atoms with Crippen molar-refractivity contribution in [2.75, 3.05) is 7.11 Å². The molecule has 0 fully saturated rings. The third kappa shape index (κ3) is 2.51. The molecule has 2 nitrogen and oxygen atoms in total. The van der Waals surface area contributed by atoms with E-state index in [1.807, 2.05) is 0 Å². The first-order valence-electron chi connectivity index (χ1n) is 6.34. The van der Waals surface area contributed by atoms with Crippen LogP contribution in [0.4, 0.5) is 4.39 Å². The minimum absolute atomic E-state index is 0.211. The summed E-state index contributed by atoms with van der Waals surface area (Å²) in [7, 11) is 1.50. The second-order valence-corrected chi connectivity index (χ2v) is 4.97. The molecule has 2 aromatic carbocycles. The van der Waals surface area contributed by atoms with Gasteiger partial charge in [-0.05, 0) is 30.7 Å². The standard InChI is InChI=1S/C16H16ClFO2/c1-3-16(19,12-6-4-5-7-14(12)18)13-10-11(17)8-9-15(13)20-2/h4-10,19H,3H2,1-2H3. The van der Waals surface area contributed by atoms with Gasteiger partial charge >= 0.3 is 0 Å². The lowest BCUT2D eigenvalue weighted by atomic mass is 9.83. The molecule has 0 radical (unpaired) electrons. The van der Waals surface area contributed by atoms with Gasteiger partial charge < -0.3 is 9.84 Å². The summed E-state index contributed by atoms with van der Waals surface area (Å²) in [5.41, 5.74) is -0.815. The summed E-state index contributed by atoms with van der Waals surface area (Å²) in [5, 5.41) is 11.5. The molecule has 2 rings (SSSR count). The van der Waals surface area contributed by atoms with Gasteiger partial charge in [0.1, 0.15) is 17.2 Å². The minimum Gasteiger partial charge on any atom is -0.496 e. The third-order valence-electron chi connectivity index (χ3n) is 3.44. The van der Waals surface area contributed by atoms with Crippen molar-refractivity contribution >= 4 is 11.6 Å². The molecule has 106 valence electrons. The Balaban J connectivity index is 2.68. The van der Waals surface area contributed by atoms with E-state index < -0.39 is 11.4 Å². The number of rotatable bonds is 4. The predicted octanol–water partition coefficient (Wildman–Crippen LogP) is 4.13. The molecule has 0 saturated heterocycles. The summed E-state index contributed by atoms with van der Waals surface area (Å²) in [4.78, 5) is 0. The molecule has 0 spiro atoms. The fourth-order valence-corrected chi connectivity index (χ4v) is 2.50. The summed E-state index contributed by atoms with van der Waals surface area (Å²) < 4.78 is 19.3. The topological polar surface area (TPSA) is 29.5 Å². The highest BCUT2D eigenvalue weighted by atomic mass is 35.5. The van der Waals surface area contributed by atoms with Gasteiger partial charge in [0.25, 0.3) is 0 Å². The quantitative estimate of drug-likeness (QED) is 0.918. The smallest absolute Gasteiger partial charge is 0.129 e. The minimum atomic E-state index is -1.48. The van der Waals surface area contributed by atoms with Crippen LogP contribution in [0.5, 0.6) is 5.75 Å². The molecule has 0 aliphatic heterocycles. The SMILES string of the molecule is CCC(O)(c1ccccc1F)c1cc(Cl)ccc1OC. The highest BCUT2D eigenvalue weighted by molar-refractivity contribution is 6.30. The molecule has 0 aromatic heterocycles. The van der Waals surface area contributed by atoms with E-state index >= 15 is 0 Å². The van der Waals surface area contributed by atoms with E-state index in [-0.39, 0.29) is 5.56 Å². The van der Waals surface area contributed by atoms with Crippen LogP contribution in [0.1, 0.15) is 24.5 Å². The lowest BCUT2D eigenvalue weighted by molar-refractivity contribution is 0.0698. The molecule has 20 heavy (non-hydrogen) atoms. The van der Waals surface area contributed by atoms with Crippen molar-refractivity contribution in [1.29, 1.82) is 0 Å². The molecule has 1 unspecified atom stereocenters. The Kier molecular flexibility index (Phi) is 4.31. The van der Waals surface area contributed by atoms with Crippen LogP contribution in [0.25, 0.3) is 0 Å². The molecule has 4 heteroatoms. The number of hydrogen-bond acceptors (Lipinski definition) is 2. The van der Waals surface area contributed by atoms with Crippen LogP contribution < -0.4 is 4.74 Å². The predicted molar refractivity (Wildman–Crippen MR) is 77.7 cm³/mol. The van der Waals surface area contributed by atoms with Crippen LogP contribution in [-0.4, -0.2) is 12.2 Å². The second kappa shape index (κ2) is 5.81. The monoisotopic (exact) mass is 294 g/mol. The summed E-state index contributed by atoms with van der Waals surface area (Å²) >= 11 is 6.00. The average Bonchev–Trinajstić information content (AvgIpc) is 2.47. The Morgan fingerprint density at radius 1 is 1.20 bits per heavy atom. The van der Waals surface area contributed by atoms with Crippen LogP contribution in [0.15, 0.2) is 42.5 Å². The number of hydrogen-bond donors (Lipinski definition) is 1. The molecular weight excluding hydrogens is 279 g/mol. The number of benzene rings is 2. The second-order valence-electron chi connectivity index (χ2n) is 4.54. The molecule has 0 saturated carbocycles. The first kappa shape index (κ1) is 14.8. The Labute approximate surface area is 122 Å². The van der Waals surface area contributed by atoms with Gasteiger partial charge in [0, 0.05) is 16.1 Å². The van der Waals surface area contributed by atoms with E-state index in [4.69, 9.17) is 16.3 Å². The summed E-state index contributed by atoms with van der Waals surface area (Å²) in [6.07, 6.45) is 0.296. The van der Waals surface area contributed by atoms with Gasteiger partial charge in [-0.2, -0.15) is 0 Å². The molecule has 0 aliphatic rings. The van der Waals surface area contributed by atoms with E-state index in [2.05, 4.69) is 0 Å². The number of aliphatic hydroxyl groups is 1. The third-order valence-corrected chi connectivity index (χ3v) is 3.67. The van der Waals surface area contributed by atoms with Gasteiger partial charge in [0.05, 0.1) is 7.11 Å². The van der Waals surface area contributed by atoms with Gasteiger partial charge in [-0.25, -0.2) is 4.39 Å². The first-order chi connectivity index (χ1) is 9.52. The van der Waals surface area contributed by atoms with Crippen LogP contribution in [0, 0.1) is 5.82 Å². The van der Waals surface area contributed by atoms with Gasteiger partial charge in [-0.1, -0.05) is 36.7 Å². The van der Waals surface area contributed by atoms with E-state index in [0.717, 1.165) is 0 Å². The molecule has 0 amide bonds. The van der Waals surface area contributed by atoms with E-state index in [9.17, 15) is 9.50 Å². The maximum absolute atomic E-state index is 14.1. The van der Waals surface area contributed by atoms with E-state index in [1.54, 1.807) is 43.3 Å². The Bertz CT molecular complexity index is 615. The zero-order valence-electron chi connectivity index (χ0n) is 11.4. The van der Waals surface area contributed by atoms with Crippen molar-refractivity contribution in [3.63, 3.8) is 0 Å². The first-order valence-corrected chi connectivity index (χ1v) is 6.72. The van der Waals surface area contributed by atoms with Gasteiger partial charge in [-0.15, -0.1) is 0 Å². The number of ether oxygens (including phenoxy) is 1. The van der Waals surface area contributed by atoms with E-state index in [0.29, 0.717) is 22.8 Å². The van der Waals surface area contributed by atoms with Crippen molar-refractivity contribution in [2.45, 2.75) is 18.9 Å². The molecule has 0 bridgehead atoms. The number of halogens is 2. The molecule has 1 atom stereocenters. The summed E-state index contributed by atoms with van der Waals surface area (Å²) in [6.45, 7) is 1.78. The van der Waals surface area contributed by atoms with Gasteiger partial charge in [0.15, 0.2) is 0 Å². The molecule has 0 heterocycles. The average molecular weight is 295 g/mol. The lowest BCUT2D eigenvalue weighted by Gasteiger charge is -2.30. The van der Waals surface area contributed by atoms with Crippen molar-refractivity contribution < 1.29 is 14.2 Å². The summed E-state index contributed by atoms with van der Waals surface area (Å²) in [5.74, 6) is 0.0147. The van der Waals surface area contributed by atoms with Crippen molar-refractivity contribution in [3.05, 3.63) is 64.4 Å². The maximum atomic E-state index is 14.1. The fourth-order valence-electron chi connectivity index (χ4n) is 2.33. The van der Waals surface area contributed by atoms with Crippen LogP contribution >= 0.6 is 11.6 Å². The maximum Gasteiger partial charge on any atom is 0.129 e. The van der Waals surface area contributed by atoms with Crippen molar-refractivity contribution in [3.8, 4) is 5.75 Å². The Hall–Kier alpha value is -1.58. The van der Waals surface area contributed by atoms with Crippen LogP contribution in [0.2, 0.25) is 5.02 Å². The van der Waals surface area contributed by atoms with Crippen LogP contribution in [-0.2, 0) is 5.60 Å². The fraction of sp³-hybridized carbons (Fsp3) is 0.250. The lowest BCUT2D eigenvalue weighted by Crippen LogP contribution is -2.28. The van der Waals surface area contributed by atoms with Gasteiger partial charge in [-0.3, -0.25) is 0 Å². The Morgan fingerprint density at radius 2 is 1.90 bits per heavy atom. The molecule has 2 aromatic rings. The van der Waals surface area contributed by atoms with E-state index in [1.165, 1.54) is 13.2 Å². The Morgan fingerprint density at radius 3 is 2.50 bits per heavy atom. The zero-order chi connectivity index (χ0) is 14.8. The number of methoxy groups -OCH3 is 1. The van der Waals surface area contributed by atoms with Crippen molar-refractivity contribution in [1.82, 2.24) is 0 Å². The summed E-state index contributed by atoms with van der Waals surface area (Å²) in [6, 6.07) is 11.1. The zero-order valence-corrected chi connectivity index (χ0v) is 12.1. The molecule has 0 aliphatic carbocycles. The molecular formula is C16H16ClFO2. The molecule has 1 N–H and O–H groups in total.